The number of nitrogens with zero attached hydrogens (tertiary/aromatic N) is 3. The lowest BCUT2D eigenvalue weighted by Crippen LogP contribution is -2.25. The Kier molecular flexibility index (Phi) is 7.77. The van der Waals surface area contributed by atoms with E-state index in [9.17, 15) is 18.4 Å². The predicted octanol–water partition coefficient (Wildman–Crippen LogP) is 5.22. The van der Waals surface area contributed by atoms with E-state index in [-0.39, 0.29) is 24.2 Å². The smallest absolute Gasteiger partial charge is 0.251 e. The largest absolute Gasteiger partial charge is 0.349 e. The number of carbonyl (C=O) groups is 2. The normalized spacial score (nSPS) is 10.9. The maximum absolute atomic E-state index is 13.1. The number of hydrogen-bond donors (Lipinski definition) is 3. The number of amides is 2. The first kappa shape index (κ1) is 26.5. The molecule has 0 unspecified atom stereocenters. The van der Waals surface area contributed by atoms with Gasteiger partial charge in [-0.1, -0.05) is 24.3 Å². The molecule has 0 fully saturated rings. The van der Waals surface area contributed by atoms with E-state index < -0.39 is 6.67 Å². The molecule has 0 spiro atoms. The van der Waals surface area contributed by atoms with Crippen molar-refractivity contribution in [2.75, 3.05) is 18.5 Å². The molecular formula is C30H26F2N6O2. The van der Waals surface area contributed by atoms with E-state index in [1.807, 2.05) is 37.4 Å². The number of nitrogens with one attached hydrogen (secondary N) is 3. The quantitative estimate of drug-likeness (QED) is 0.238. The van der Waals surface area contributed by atoms with Crippen molar-refractivity contribution in [1.82, 2.24) is 25.2 Å². The van der Waals surface area contributed by atoms with Gasteiger partial charge in [-0.3, -0.25) is 9.59 Å². The van der Waals surface area contributed by atoms with Crippen molar-refractivity contribution in [2.24, 2.45) is 0 Å². The number of halogens is 2. The highest BCUT2D eigenvalue weighted by Crippen LogP contribution is 2.23. The van der Waals surface area contributed by atoms with Crippen LogP contribution in [0.3, 0.4) is 0 Å². The molecule has 0 saturated heterocycles. The Hall–Kier alpha value is -5.12. The molecule has 0 saturated carbocycles. The van der Waals surface area contributed by atoms with Gasteiger partial charge in [0.25, 0.3) is 11.8 Å². The zero-order chi connectivity index (χ0) is 28.1. The maximum Gasteiger partial charge on any atom is 0.251 e. The standard InChI is InChI=1S/C30H26F2N6O2/c1-19-16-23(29(40)33-15-14-31)8-12-26(19)35-30-36-27-13-9-24(18-38(27)37-30)21-4-6-22(7-5-21)28(39)34-17-20-2-10-25(32)11-3-20/h2-13,16,18H,14-15,17H2,1H3,(H,33,40)(H,34,39)(H,35,37). The first-order valence-electron chi connectivity index (χ1n) is 12.6. The molecule has 2 heterocycles. The van der Waals surface area contributed by atoms with Gasteiger partial charge in [-0.15, -0.1) is 5.10 Å². The van der Waals surface area contributed by atoms with Crippen molar-refractivity contribution >= 4 is 29.1 Å². The van der Waals surface area contributed by atoms with Gasteiger partial charge in [-0.25, -0.2) is 13.3 Å². The number of hydrogen-bond acceptors (Lipinski definition) is 5. The van der Waals surface area contributed by atoms with Crippen molar-refractivity contribution in [2.45, 2.75) is 13.5 Å². The summed E-state index contributed by atoms with van der Waals surface area (Å²) < 4.78 is 27.1. The number of aryl methyl sites for hydroxylation is 1. The summed E-state index contributed by atoms with van der Waals surface area (Å²) in [5, 5.41) is 13.1. The van der Waals surface area contributed by atoms with Crippen LogP contribution >= 0.6 is 0 Å². The van der Waals surface area contributed by atoms with Gasteiger partial charge >= 0.3 is 0 Å². The summed E-state index contributed by atoms with van der Waals surface area (Å²) in [7, 11) is 0. The van der Waals surface area contributed by atoms with E-state index in [2.05, 4.69) is 26.0 Å². The molecule has 0 atom stereocenters. The van der Waals surface area contributed by atoms with E-state index in [4.69, 9.17) is 0 Å². The third kappa shape index (κ3) is 6.12. The second kappa shape index (κ2) is 11.7. The number of alkyl halides is 1. The number of pyridine rings is 1. The molecule has 5 aromatic rings. The molecule has 10 heteroatoms. The van der Waals surface area contributed by atoms with Crippen LogP contribution in [0.4, 0.5) is 20.4 Å². The second-order valence-corrected chi connectivity index (χ2v) is 9.14. The van der Waals surface area contributed by atoms with Gasteiger partial charge < -0.3 is 16.0 Å². The van der Waals surface area contributed by atoms with Crippen LogP contribution in [0.15, 0.2) is 85.1 Å². The molecule has 0 aliphatic rings. The molecule has 8 nitrogen and oxygen atoms in total. The fraction of sp³-hybridized carbons (Fsp3) is 0.133. The van der Waals surface area contributed by atoms with Gasteiger partial charge in [0.05, 0.1) is 0 Å². The minimum Gasteiger partial charge on any atom is -0.349 e. The number of rotatable bonds is 9. The third-order valence-electron chi connectivity index (χ3n) is 6.29. The summed E-state index contributed by atoms with van der Waals surface area (Å²) >= 11 is 0. The number of aromatic nitrogens is 3. The summed E-state index contributed by atoms with van der Waals surface area (Å²) in [6, 6.07) is 22.1. The van der Waals surface area contributed by atoms with Crippen LogP contribution in [0.25, 0.3) is 16.8 Å². The van der Waals surface area contributed by atoms with Crippen molar-refractivity contribution < 1.29 is 18.4 Å². The molecule has 0 aliphatic carbocycles. The van der Waals surface area contributed by atoms with Crippen LogP contribution in [0.2, 0.25) is 0 Å². The number of carbonyl (C=O) groups excluding carboxylic acids is 2. The van der Waals surface area contributed by atoms with Gasteiger partial charge in [0.2, 0.25) is 5.95 Å². The highest BCUT2D eigenvalue weighted by Gasteiger charge is 2.11. The van der Waals surface area contributed by atoms with E-state index in [0.29, 0.717) is 29.3 Å². The van der Waals surface area contributed by atoms with Crippen LogP contribution in [0.5, 0.6) is 0 Å². The molecule has 40 heavy (non-hydrogen) atoms. The lowest BCUT2D eigenvalue weighted by atomic mass is 10.1. The average molecular weight is 541 g/mol. The minimum atomic E-state index is -0.617. The molecular weight excluding hydrogens is 514 g/mol. The van der Waals surface area contributed by atoms with E-state index >= 15 is 0 Å². The van der Waals surface area contributed by atoms with E-state index in [1.165, 1.54) is 12.1 Å². The van der Waals surface area contributed by atoms with Crippen LogP contribution < -0.4 is 16.0 Å². The minimum absolute atomic E-state index is 0.0244. The highest BCUT2D eigenvalue weighted by molar-refractivity contribution is 5.95. The topological polar surface area (TPSA) is 100 Å². The Labute approximate surface area is 229 Å². The average Bonchev–Trinajstić information content (AvgIpc) is 3.38. The van der Waals surface area contributed by atoms with Crippen molar-refractivity contribution in [3.05, 3.63) is 113 Å². The molecule has 0 bridgehead atoms. The fourth-order valence-corrected chi connectivity index (χ4v) is 4.14. The summed E-state index contributed by atoms with van der Waals surface area (Å²) in [5.41, 5.74) is 5.76. The van der Waals surface area contributed by atoms with Crippen LogP contribution in [0, 0.1) is 12.7 Å². The number of benzene rings is 3. The van der Waals surface area contributed by atoms with Crippen LogP contribution in [-0.2, 0) is 6.54 Å². The lowest BCUT2D eigenvalue weighted by molar-refractivity contribution is 0.0943. The Morgan fingerprint density at radius 2 is 1.55 bits per heavy atom. The summed E-state index contributed by atoms with van der Waals surface area (Å²) in [6.07, 6.45) is 1.85. The molecule has 3 N–H and O–H groups in total. The summed E-state index contributed by atoms with van der Waals surface area (Å²) in [4.78, 5) is 29.1. The van der Waals surface area contributed by atoms with Crippen molar-refractivity contribution in [1.29, 1.82) is 0 Å². The van der Waals surface area contributed by atoms with Gasteiger partial charge in [0.1, 0.15) is 12.5 Å². The van der Waals surface area contributed by atoms with Crippen molar-refractivity contribution in [3.8, 4) is 11.1 Å². The van der Waals surface area contributed by atoms with Gasteiger partial charge in [-0.2, -0.15) is 4.98 Å². The molecule has 0 aliphatic heterocycles. The van der Waals surface area contributed by atoms with Gasteiger partial charge in [0.15, 0.2) is 5.65 Å². The molecule has 3 aromatic carbocycles. The van der Waals surface area contributed by atoms with Crippen LogP contribution in [0.1, 0.15) is 31.8 Å². The molecule has 0 radical (unpaired) electrons. The number of fused-ring (bicyclic) bond motifs is 1. The zero-order valence-corrected chi connectivity index (χ0v) is 21.6. The Bertz CT molecular complexity index is 1670. The SMILES string of the molecule is Cc1cc(C(=O)NCCF)ccc1Nc1nc2ccc(-c3ccc(C(=O)NCc4ccc(F)cc4)cc3)cn2n1. The molecule has 5 rings (SSSR count). The first-order chi connectivity index (χ1) is 19.4. The lowest BCUT2D eigenvalue weighted by Gasteiger charge is -2.09. The van der Waals surface area contributed by atoms with Crippen molar-refractivity contribution in [3.63, 3.8) is 0 Å². The molecule has 2 aromatic heterocycles. The monoisotopic (exact) mass is 540 g/mol. The summed E-state index contributed by atoms with van der Waals surface area (Å²) in [5.74, 6) is -0.475. The predicted molar refractivity (Wildman–Crippen MR) is 149 cm³/mol. The van der Waals surface area contributed by atoms with E-state index in [1.54, 1.807) is 47.0 Å². The van der Waals surface area contributed by atoms with Gasteiger partial charge in [-0.05, 0) is 78.2 Å². The van der Waals surface area contributed by atoms with Gasteiger partial charge in [0, 0.05) is 41.7 Å². The zero-order valence-electron chi connectivity index (χ0n) is 21.6. The maximum atomic E-state index is 13.1. The summed E-state index contributed by atoms with van der Waals surface area (Å²) in [6.45, 7) is 1.52. The Balaban J connectivity index is 1.25. The van der Waals surface area contributed by atoms with E-state index in [0.717, 1.165) is 27.9 Å². The number of anilines is 2. The molecule has 202 valence electrons. The fourth-order valence-electron chi connectivity index (χ4n) is 4.14. The first-order valence-corrected chi connectivity index (χ1v) is 12.6. The third-order valence-corrected chi connectivity index (χ3v) is 6.29. The second-order valence-electron chi connectivity index (χ2n) is 9.14. The van der Waals surface area contributed by atoms with Crippen LogP contribution in [-0.4, -0.2) is 39.6 Å². The highest BCUT2D eigenvalue weighted by atomic mass is 19.1. The molecule has 2 amide bonds. The Morgan fingerprint density at radius 3 is 2.27 bits per heavy atom. The Morgan fingerprint density at radius 1 is 0.850 bits per heavy atom.